The third-order valence-corrected chi connectivity index (χ3v) is 2.55. The summed E-state index contributed by atoms with van der Waals surface area (Å²) in [6, 6.07) is 7.19. The number of rotatable bonds is 5. The second kappa shape index (κ2) is 5.68. The summed E-state index contributed by atoms with van der Waals surface area (Å²) < 4.78 is 25.1. The molecule has 0 aliphatic carbocycles. The molecule has 0 radical (unpaired) electrons. The number of aromatic nitrogens is 2. The summed E-state index contributed by atoms with van der Waals surface area (Å²) in [7, 11) is 0. The number of aliphatic hydroxyl groups excluding tert-OH is 1. The number of para-hydroxylation sites is 1. The number of anilines is 1. The van der Waals surface area contributed by atoms with Crippen LogP contribution in [0.1, 0.15) is 0 Å². The van der Waals surface area contributed by atoms with Crippen molar-refractivity contribution in [3.8, 4) is 0 Å². The molecule has 1 heterocycles. The molecule has 0 saturated heterocycles. The average Bonchev–Trinajstić information content (AvgIpc) is 2.37. The van der Waals surface area contributed by atoms with Crippen molar-refractivity contribution in [3.05, 3.63) is 30.6 Å². The van der Waals surface area contributed by atoms with Crippen LogP contribution in [0, 0.1) is 0 Å². The third kappa shape index (κ3) is 2.70. The quantitative estimate of drug-likeness (QED) is 0.881. The van der Waals surface area contributed by atoms with Crippen molar-refractivity contribution in [1.82, 2.24) is 9.97 Å². The van der Waals surface area contributed by atoms with E-state index in [-0.39, 0.29) is 13.2 Å². The van der Waals surface area contributed by atoms with Crippen LogP contribution in [0.5, 0.6) is 0 Å². The molecule has 0 bridgehead atoms. The summed E-state index contributed by atoms with van der Waals surface area (Å²) in [5.74, 6) is 0.426. The SMILES string of the molecule is OCCN(CC(F)F)c1ncnc2ccccc12. The number of alkyl halides is 2. The zero-order valence-electron chi connectivity index (χ0n) is 9.63. The first-order valence-electron chi connectivity index (χ1n) is 5.56. The molecular weight excluding hydrogens is 240 g/mol. The molecule has 4 nitrogen and oxygen atoms in total. The minimum absolute atomic E-state index is 0.116. The normalized spacial score (nSPS) is 11.1. The van der Waals surface area contributed by atoms with Crippen LogP contribution in [0.15, 0.2) is 30.6 Å². The van der Waals surface area contributed by atoms with E-state index in [1.165, 1.54) is 11.2 Å². The lowest BCUT2D eigenvalue weighted by molar-refractivity contribution is 0.152. The van der Waals surface area contributed by atoms with Gasteiger partial charge in [0.2, 0.25) is 0 Å². The Labute approximate surface area is 103 Å². The highest BCUT2D eigenvalue weighted by molar-refractivity contribution is 5.89. The van der Waals surface area contributed by atoms with Gasteiger partial charge in [0.1, 0.15) is 12.1 Å². The van der Waals surface area contributed by atoms with Crippen LogP contribution in [0.3, 0.4) is 0 Å². The van der Waals surface area contributed by atoms with Crippen LogP contribution in [0.25, 0.3) is 10.9 Å². The lowest BCUT2D eigenvalue weighted by atomic mass is 10.2. The van der Waals surface area contributed by atoms with E-state index in [0.29, 0.717) is 16.7 Å². The Balaban J connectivity index is 2.43. The second-order valence-corrected chi connectivity index (χ2v) is 3.78. The van der Waals surface area contributed by atoms with Crippen LogP contribution < -0.4 is 4.90 Å². The topological polar surface area (TPSA) is 49.2 Å². The Morgan fingerprint density at radius 1 is 1.22 bits per heavy atom. The van der Waals surface area contributed by atoms with Crippen molar-refractivity contribution in [3.63, 3.8) is 0 Å². The molecule has 18 heavy (non-hydrogen) atoms. The lowest BCUT2D eigenvalue weighted by Crippen LogP contribution is -2.32. The van der Waals surface area contributed by atoms with Gasteiger partial charge in [-0.15, -0.1) is 0 Å². The standard InChI is InChI=1S/C12H13F2N3O/c13-11(14)7-17(5-6-18)12-9-3-1-2-4-10(9)15-8-16-12/h1-4,8,11,18H,5-7H2. The number of benzene rings is 1. The van der Waals surface area contributed by atoms with Gasteiger partial charge < -0.3 is 10.0 Å². The fourth-order valence-electron chi connectivity index (χ4n) is 1.81. The maximum atomic E-state index is 12.5. The molecule has 0 unspecified atom stereocenters. The fraction of sp³-hybridized carbons (Fsp3) is 0.333. The van der Waals surface area contributed by atoms with Crippen molar-refractivity contribution in [2.45, 2.75) is 6.43 Å². The van der Waals surface area contributed by atoms with E-state index in [2.05, 4.69) is 9.97 Å². The van der Waals surface area contributed by atoms with Crippen LogP contribution >= 0.6 is 0 Å². The molecular formula is C12H13F2N3O. The molecule has 96 valence electrons. The fourth-order valence-corrected chi connectivity index (χ4v) is 1.81. The predicted molar refractivity (Wildman–Crippen MR) is 64.8 cm³/mol. The van der Waals surface area contributed by atoms with Gasteiger partial charge in [0.25, 0.3) is 6.43 Å². The average molecular weight is 253 g/mol. The first kappa shape index (κ1) is 12.6. The van der Waals surface area contributed by atoms with E-state index >= 15 is 0 Å². The summed E-state index contributed by atoms with van der Waals surface area (Å²) in [5.41, 5.74) is 0.694. The third-order valence-electron chi connectivity index (χ3n) is 2.55. The largest absolute Gasteiger partial charge is 0.395 e. The number of aliphatic hydroxyl groups is 1. The number of hydrogen-bond acceptors (Lipinski definition) is 4. The highest BCUT2D eigenvalue weighted by atomic mass is 19.3. The van der Waals surface area contributed by atoms with Crippen molar-refractivity contribution >= 4 is 16.7 Å². The molecule has 2 rings (SSSR count). The van der Waals surface area contributed by atoms with Gasteiger partial charge in [-0.25, -0.2) is 18.7 Å². The molecule has 0 spiro atoms. The maximum Gasteiger partial charge on any atom is 0.255 e. The van der Waals surface area contributed by atoms with Gasteiger partial charge >= 0.3 is 0 Å². The van der Waals surface area contributed by atoms with Crippen LogP contribution in [0.2, 0.25) is 0 Å². The summed E-state index contributed by atoms with van der Waals surface area (Å²) in [4.78, 5) is 9.49. The number of hydrogen-bond donors (Lipinski definition) is 1. The molecule has 1 N–H and O–H groups in total. The molecule has 2 aromatic rings. The molecule has 0 saturated carbocycles. The van der Waals surface area contributed by atoms with E-state index in [1.54, 1.807) is 18.2 Å². The zero-order chi connectivity index (χ0) is 13.0. The smallest absolute Gasteiger partial charge is 0.255 e. The maximum absolute atomic E-state index is 12.5. The van der Waals surface area contributed by atoms with Gasteiger partial charge in [0.15, 0.2) is 0 Å². The molecule has 0 amide bonds. The number of fused-ring (bicyclic) bond motifs is 1. The predicted octanol–water partition coefficient (Wildman–Crippen LogP) is 1.69. The van der Waals surface area contributed by atoms with Gasteiger partial charge in [-0.05, 0) is 12.1 Å². The first-order valence-corrected chi connectivity index (χ1v) is 5.56. The van der Waals surface area contributed by atoms with Gasteiger partial charge in [-0.2, -0.15) is 0 Å². The van der Waals surface area contributed by atoms with Crippen molar-refractivity contribution in [2.24, 2.45) is 0 Å². The minimum Gasteiger partial charge on any atom is -0.395 e. The first-order chi connectivity index (χ1) is 8.72. The summed E-state index contributed by atoms with van der Waals surface area (Å²) in [6.07, 6.45) is -1.14. The summed E-state index contributed by atoms with van der Waals surface area (Å²) >= 11 is 0. The van der Waals surface area contributed by atoms with Gasteiger partial charge in [-0.3, -0.25) is 0 Å². The van der Waals surface area contributed by atoms with Gasteiger partial charge in [0, 0.05) is 11.9 Å². The molecule has 0 aliphatic heterocycles. The Hall–Kier alpha value is -1.82. The van der Waals surface area contributed by atoms with Gasteiger partial charge in [0.05, 0.1) is 18.7 Å². The van der Waals surface area contributed by atoms with E-state index in [9.17, 15) is 8.78 Å². The Morgan fingerprint density at radius 2 is 2.00 bits per heavy atom. The molecule has 0 atom stereocenters. The monoisotopic (exact) mass is 253 g/mol. The Kier molecular flexibility index (Phi) is 3.99. The number of halogens is 2. The van der Waals surface area contributed by atoms with Crippen LogP contribution in [0.4, 0.5) is 14.6 Å². The van der Waals surface area contributed by atoms with Gasteiger partial charge in [-0.1, -0.05) is 12.1 Å². The number of nitrogens with zero attached hydrogens (tertiary/aromatic N) is 3. The summed E-state index contributed by atoms with van der Waals surface area (Å²) in [5, 5.41) is 9.66. The molecule has 1 aromatic heterocycles. The van der Waals surface area contributed by atoms with E-state index in [4.69, 9.17) is 5.11 Å². The molecule has 0 aliphatic rings. The minimum atomic E-state index is -2.48. The molecule has 6 heteroatoms. The highest BCUT2D eigenvalue weighted by Crippen LogP contribution is 2.22. The molecule has 0 fully saturated rings. The van der Waals surface area contributed by atoms with E-state index in [1.807, 2.05) is 6.07 Å². The van der Waals surface area contributed by atoms with Crippen molar-refractivity contribution in [2.75, 3.05) is 24.6 Å². The van der Waals surface area contributed by atoms with E-state index < -0.39 is 13.0 Å². The Bertz CT molecular complexity index is 516. The van der Waals surface area contributed by atoms with E-state index in [0.717, 1.165) is 0 Å². The second-order valence-electron chi connectivity index (χ2n) is 3.78. The zero-order valence-corrected chi connectivity index (χ0v) is 9.63. The lowest BCUT2D eigenvalue weighted by Gasteiger charge is -2.23. The van der Waals surface area contributed by atoms with Crippen LogP contribution in [-0.2, 0) is 0 Å². The van der Waals surface area contributed by atoms with Crippen molar-refractivity contribution < 1.29 is 13.9 Å². The molecule has 1 aromatic carbocycles. The van der Waals surface area contributed by atoms with Crippen molar-refractivity contribution in [1.29, 1.82) is 0 Å². The summed E-state index contributed by atoms with van der Waals surface area (Å²) in [6.45, 7) is -0.544. The highest BCUT2D eigenvalue weighted by Gasteiger charge is 2.16. The Morgan fingerprint density at radius 3 is 2.72 bits per heavy atom. The van der Waals surface area contributed by atoms with Crippen LogP contribution in [-0.4, -0.2) is 41.2 Å².